The molecule has 5 heteroatoms. The molecule has 0 spiro atoms. The first-order valence-electron chi connectivity index (χ1n) is 9.24. The van der Waals surface area contributed by atoms with E-state index in [1.165, 1.54) is 0 Å². The fourth-order valence-corrected chi connectivity index (χ4v) is 3.34. The van der Waals surface area contributed by atoms with Gasteiger partial charge in [0, 0.05) is 36.2 Å². The van der Waals surface area contributed by atoms with Crippen molar-refractivity contribution in [3.05, 3.63) is 59.7 Å². The zero-order valence-corrected chi connectivity index (χ0v) is 15.0. The number of anilines is 1. The number of carbonyl (C=O) groups excluding carboxylic acids is 2. The molecule has 2 aromatic carbocycles. The molecule has 0 unspecified atom stereocenters. The molecule has 0 aromatic heterocycles. The Morgan fingerprint density at radius 3 is 2.59 bits per heavy atom. The molecule has 2 aliphatic heterocycles. The van der Waals surface area contributed by atoms with Crippen LogP contribution in [0.4, 0.5) is 5.69 Å². The van der Waals surface area contributed by atoms with E-state index in [0.29, 0.717) is 36.7 Å². The lowest BCUT2D eigenvalue weighted by Gasteiger charge is -2.15. The van der Waals surface area contributed by atoms with Crippen molar-refractivity contribution in [2.45, 2.75) is 19.3 Å². The van der Waals surface area contributed by atoms with Gasteiger partial charge >= 0.3 is 0 Å². The molecular formula is C22H21NO4. The predicted octanol–water partition coefficient (Wildman–Crippen LogP) is 3.87. The molecule has 27 heavy (non-hydrogen) atoms. The van der Waals surface area contributed by atoms with Gasteiger partial charge in [-0.1, -0.05) is 12.1 Å². The lowest BCUT2D eigenvalue weighted by molar-refractivity contribution is -0.117. The average Bonchev–Trinajstić information content (AvgIpc) is 2.98. The summed E-state index contributed by atoms with van der Waals surface area (Å²) in [6, 6.07) is 12.8. The van der Waals surface area contributed by atoms with Crippen molar-refractivity contribution in [1.82, 2.24) is 0 Å². The van der Waals surface area contributed by atoms with E-state index in [-0.39, 0.29) is 11.7 Å². The minimum absolute atomic E-state index is 0.0959. The molecule has 1 fully saturated rings. The Bertz CT molecular complexity index is 886. The Labute approximate surface area is 158 Å². The molecule has 1 amide bonds. The maximum absolute atomic E-state index is 12.5. The van der Waals surface area contributed by atoms with Gasteiger partial charge in [0.1, 0.15) is 0 Å². The maximum Gasteiger partial charge on any atom is 0.227 e. The fraction of sp³-hybridized carbons (Fsp3) is 0.273. The van der Waals surface area contributed by atoms with Gasteiger partial charge in [0.2, 0.25) is 5.91 Å². The third-order valence-electron chi connectivity index (χ3n) is 4.75. The van der Waals surface area contributed by atoms with Gasteiger partial charge in [-0.3, -0.25) is 9.59 Å². The number of fused-ring (bicyclic) bond motifs is 1. The van der Waals surface area contributed by atoms with Crippen molar-refractivity contribution in [2.75, 3.05) is 24.7 Å². The molecule has 5 nitrogen and oxygen atoms in total. The van der Waals surface area contributed by atoms with E-state index >= 15 is 0 Å². The topological polar surface area (TPSA) is 55.8 Å². The fourth-order valence-electron chi connectivity index (χ4n) is 3.34. The Morgan fingerprint density at radius 1 is 1.00 bits per heavy atom. The van der Waals surface area contributed by atoms with Crippen LogP contribution in [0.25, 0.3) is 6.08 Å². The summed E-state index contributed by atoms with van der Waals surface area (Å²) in [5.74, 6) is 1.44. The number of benzene rings is 2. The van der Waals surface area contributed by atoms with Gasteiger partial charge in [0.15, 0.2) is 17.3 Å². The van der Waals surface area contributed by atoms with E-state index in [2.05, 4.69) is 0 Å². The number of carbonyl (C=O) groups is 2. The molecule has 4 rings (SSSR count). The van der Waals surface area contributed by atoms with Crippen LogP contribution in [-0.4, -0.2) is 31.4 Å². The molecule has 0 saturated carbocycles. The van der Waals surface area contributed by atoms with Gasteiger partial charge in [0.05, 0.1) is 13.2 Å². The lowest BCUT2D eigenvalue weighted by atomic mass is 10.1. The molecular weight excluding hydrogens is 342 g/mol. The molecule has 0 radical (unpaired) electrons. The summed E-state index contributed by atoms with van der Waals surface area (Å²) >= 11 is 0. The first-order valence-corrected chi connectivity index (χ1v) is 9.24. The highest BCUT2D eigenvalue weighted by Crippen LogP contribution is 2.34. The second-order valence-corrected chi connectivity index (χ2v) is 6.62. The Balaban J connectivity index is 1.50. The smallest absolute Gasteiger partial charge is 0.227 e. The highest BCUT2D eigenvalue weighted by atomic mass is 16.5. The molecule has 0 bridgehead atoms. The third-order valence-corrected chi connectivity index (χ3v) is 4.75. The van der Waals surface area contributed by atoms with E-state index in [4.69, 9.17) is 9.47 Å². The van der Waals surface area contributed by atoms with E-state index in [1.54, 1.807) is 29.2 Å². The van der Waals surface area contributed by atoms with Crippen molar-refractivity contribution in [3.8, 4) is 11.5 Å². The Hall–Kier alpha value is -3.08. The summed E-state index contributed by atoms with van der Waals surface area (Å²) < 4.78 is 11.5. The second kappa shape index (κ2) is 7.66. The van der Waals surface area contributed by atoms with E-state index in [1.807, 2.05) is 30.3 Å². The number of rotatable bonds is 4. The summed E-state index contributed by atoms with van der Waals surface area (Å²) in [7, 11) is 0. The quantitative estimate of drug-likeness (QED) is 0.611. The molecule has 2 aliphatic rings. The van der Waals surface area contributed by atoms with Gasteiger partial charge in [-0.25, -0.2) is 0 Å². The van der Waals surface area contributed by atoms with Crippen LogP contribution in [0.15, 0.2) is 48.5 Å². The molecule has 0 aliphatic carbocycles. The number of allylic oxidation sites excluding steroid dienone is 1. The van der Waals surface area contributed by atoms with Crippen LogP contribution < -0.4 is 14.4 Å². The molecule has 1 saturated heterocycles. The van der Waals surface area contributed by atoms with Gasteiger partial charge in [-0.15, -0.1) is 0 Å². The van der Waals surface area contributed by atoms with Crippen LogP contribution in [-0.2, 0) is 4.79 Å². The van der Waals surface area contributed by atoms with Crippen LogP contribution in [0, 0.1) is 0 Å². The normalized spacial score (nSPS) is 16.6. The predicted molar refractivity (Wildman–Crippen MR) is 103 cm³/mol. The lowest BCUT2D eigenvalue weighted by Crippen LogP contribution is -2.23. The van der Waals surface area contributed by atoms with Crippen LogP contribution in [0.2, 0.25) is 0 Å². The van der Waals surface area contributed by atoms with E-state index in [0.717, 1.165) is 30.6 Å². The van der Waals surface area contributed by atoms with Crippen molar-refractivity contribution < 1.29 is 19.1 Å². The van der Waals surface area contributed by atoms with Gasteiger partial charge in [-0.2, -0.15) is 0 Å². The zero-order chi connectivity index (χ0) is 18.6. The summed E-state index contributed by atoms with van der Waals surface area (Å²) in [6.07, 6.45) is 5.61. The monoisotopic (exact) mass is 363 g/mol. The van der Waals surface area contributed by atoms with Crippen molar-refractivity contribution >= 4 is 23.5 Å². The maximum atomic E-state index is 12.5. The summed E-state index contributed by atoms with van der Waals surface area (Å²) in [5, 5.41) is 0. The van der Waals surface area contributed by atoms with Crippen LogP contribution in [0.1, 0.15) is 35.2 Å². The minimum Gasteiger partial charge on any atom is -0.490 e. The number of para-hydroxylation sites is 1. The molecule has 2 heterocycles. The number of nitrogens with zero attached hydrogens (tertiary/aromatic N) is 1. The minimum atomic E-state index is -0.0959. The largest absolute Gasteiger partial charge is 0.490 e. The third kappa shape index (κ3) is 3.72. The molecule has 0 atom stereocenters. The highest BCUT2D eigenvalue weighted by Gasteiger charge is 2.21. The Morgan fingerprint density at radius 2 is 1.81 bits per heavy atom. The number of hydrogen-bond acceptors (Lipinski definition) is 4. The zero-order valence-electron chi connectivity index (χ0n) is 15.0. The Kier molecular flexibility index (Phi) is 4.92. The first kappa shape index (κ1) is 17.3. The van der Waals surface area contributed by atoms with Crippen molar-refractivity contribution in [2.24, 2.45) is 0 Å². The number of amides is 1. The van der Waals surface area contributed by atoms with Gasteiger partial charge in [-0.05, 0) is 48.9 Å². The summed E-state index contributed by atoms with van der Waals surface area (Å²) in [4.78, 5) is 26.1. The standard InChI is InChI=1S/C22H21NO4/c24-19(16-7-10-18(11-8-16)23-13-2-6-21(23)25)12-9-17-4-1-5-20-22(17)27-15-3-14-26-20/h1,4-5,7-12H,2-3,6,13-15H2/b12-9+. The van der Waals surface area contributed by atoms with Crippen molar-refractivity contribution in [1.29, 1.82) is 0 Å². The van der Waals surface area contributed by atoms with Crippen LogP contribution in [0.5, 0.6) is 11.5 Å². The second-order valence-electron chi connectivity index (χ2n) is 6.62. The van der Waals surface area contributed by atoms with Crippen LogP contribution in [0.3, 0.4) is 0 Å². The van der Waals surface area contributed by atoms with Gasteiger partial charge in [0.25, 0.3) is 0 Å². The summed E-state index contributed by atoms with van der Waals surface area (Å²) in [6.45, 7) is 1.97. The van der Waals surface area contributed by atoms with Gasteiger partial charge < -0.3 is 14.4 Å². The van der Waals surface area contributed by atoms with E-state index < -0.39 is 0 Å². The van der Waals surface area contributed by atoms with Crippen molar-refractivity contribution in [3.63, 3.8) is 0 Å². The number of ketones is 1. The van der Waals surface area contributed by atoms with E-state index in [9.17, 15) is 9.59 Å². The molecule has 0 N–H and O–H groups in total. The molecule has 2 aromatic rings. The highest BCUT2D eigenvalue weighted by molar-refractivity contribution is 6.07. The molecule has 138 valence electrons. The number of hydrogen-bond donors (Lipinski definition) is 0. The van der Waals surface area contributed by atoms with Crippen LogP contribution >= 0.6 is 0 Å². The number of ether oxygens (including phenoxy) is 2. The first-order chi connectivity index (χ1) is 13.2. The average molecular weight is 363 g/mol. The SMILES string of the molecule is O=C(/C=C/c1cccc2c1OCCCO2)c1ccc(N2CCCC2=O)cc1. The summed E-state index contributed by atoms with van der Waals surface area (Å²) in [5.41, 5.74) is 2.25.